The summed E-state index contributed by atoms with van der Waals surface area (Å²) in [4.78, 5) is 33.1. The van der Waals surface area contributed by atoms with E-state index in [9.17, 15) is 9.59 Å². The van der Waals surface area contributed by atoms with Gasteiger partial charge in [-0.3, -0.25) is 4.79 Å². The Hall–Kier alpha value is -3.29. The molecule has 2 heterocycles. The van der Waals surface area contributed by atoms with Crippen molar-refractivity contribution in [3.63, 3.8) is 0 Å². The average Bonchev–Trinajstić information content (AvgIpc) is 3.13. The van der Waals surface area contributed by atoms with Crippen LogP contribution in [0.5, 0.6) is 0 Å². The maximum atomic E-state index is 12.4. The summed E-state index contributed by atoms with van der Waals surface area (Å²) in [6.45, 7) is 7.75. The van der Waals surface area contributed by atoms with Crippen molar-refractivity contribution in [1.29, 1.82) is 0 Å². The van der Waals surface area contributed by atoms with Crippen LogP contribution in [-0.4, -0.2) is 44.1 Å². The van der Waals surface area contributed by atoms with Crippen molar-refractivity contribution in [3.8, 4) is 0 Å². The number of carbonyl (C=O) groups is 2. The largest absolute Gasteiger partial charge is 0.447 e. The zero-order valence-electron chi connectivity index (χ0n) is 17.0. The van der Waals surface area contributed by atoms with Crippen LogP contribution in [0.15, 0.2) is 36.4 Å². The number of aryl methyl sites for hydroxylation is 2. The minimum Gasteiger partial charge on any atom is -0.447 e. The lowest BCUT2D eigenvalue weighted by Gasteiger charge is -2.18. The van der Waals surface area contributed by atoms with Gasteiger partial charge >= 0.3 is 5.97 Å². The third-order valence-electron chi connectivity index (χ3n) is 4.74. The van der Waals surface area contributed by atoms with E-state index in [0.717, 1.165) is 23.4 Å². The first-order valence-electron chi connectivity index (χ1n) is 9.63. The van der Waals surface area contributed by atoms with Crippen LogP contribution in [0.1, 0.15) is 53.8 Å². The monoisotopic (exact) mass is 395 g/mol. The lowest BCUT2D eigenvalue weighted by molar-refractivity contribution is -0.129. The number of esters is 1. The predicted octanol–water partition coefficient (Wildman–Crippen LogP) is 2.60. The fourth-order valence-corrected chi connectivity index (χ4v) is 3.11. The normalized spacial score (nSPS) is 13.1. The number of ether oxygens (including phenoxy) is 1. The Balaban J connectivity index is 1.60. The lowest BCUT2D eigenvalue weighted by Crippen LogP contribution is -2.38. The molecule has 0 bridgehead atoms. The van der Waals surface area contributed by atoms with Gasteiger partial charge in [0, 0.05) is 23.9 Å². The van der Waals surface area contributed by atoms with Gasteiger partial charge in [0.05, 0.1) is 0 Å². The topological polar surface area (TPSA) is 98.5 Å². The molecule has 0 spiro atoms. The molecule has 0 aliphatic heterocycles. The zero-order chi connectivity index (χ0) is 21.0. The van der Waals surface area contributed by atoms with Gasteiger partial charge in [-0.2, -0.15) is 4.98 Å². The van der Waals surface area contributed by atoms with Crippen molar-refractivity contribution < 1.29 is 14.3 Å². The smallest absolute Gasteiger partial charge is 0.379 e. The summed E-state index contributed by atoms with van der Waals surface area (Å²) < 4.78 is 6.72. The molecule has 2 aromatic heterocycles. The number of carbonyl (C=O) groups excluding carboxylic acids is 2. The molecular formula is C21H25N5O3. The van der Waals surface area contributed by atoms with Gasteiger partial charge in [0.2, 0.25) is 0 Å². The van der Waals surface area contributed by atoms with Crippen LogP contribution >= 0.6 is 0 Å². The summed E-state index contributed by atoms with van der Waals surface area (Å²) in [7, 11) is 0. The summed E-state index contributed by atoms with van der Waals surface area (Å²) in [5.41, 5.74) is 2.74. The van der Waals surface area contributed by atoms with Gasteiger partial charge in [-0.15, -0.1) is 5.10 Å². The second-order valence-electron chi connectivity index (χ2n) is 6.99. The number of amides is 1. The Labute approximate surface area is 169 Å². The Morgan fingerprint density at radius 3 is 2.59 bits per heavy atom. The molecule has 0 aliphatic rings. The molecule has 0 unspecified atom stereocenters. The molecule has 152 valence electrons. The molecule has 0 saturated heterocycles. The van der Waals surface area contributed by atoms with E-state index in [-0.39, 0.29) is 17.6 Å². The van der Waals surface area contributed by atoms with Gasteiger partial charge in [0.15, 0.2) is 6.10 Å². The van der Waals surface area contributed by atoms with Crippen molar-refractivity contribution in [3.05, 3.63) is 59.2 Å². The standard InChI is InChI=1S/C21H25N5O3/c1-5-16(17-9-7-6-8-10-17)12-22-19(27)15(4)29-20(28)18-24-21-23-13(2)11-14(3)26(21)25-18/h6-11,15-16H,5,12H2,1-4H3,(H,22,27)/t15-,16+/m0/s1. The summed E-state index contributed by atoms with van der Waals surface area (Å²) in [6, 6.07) is 11.8. The Bertz CT molecular complexity index is 1020. The first kappa shape index (κ1) is 20.4. The molecule has 29 heavy (non-hydrogen) atoms. The van der Waals surface area contributed by atoms with Crippen molar-refractivity contribution in [2.45, 2.75) is 46.1 Å². The SMILES string of the molecule is CC[C@H](CNC(=O)[C@H](C)OC(=O)c1nc2nc(C)cc(C)n2n1)c1ccccc1. The number of benzene rings is 1. The van der Waals surface area contributed by atoms with E-state index >= 15 is 0 Å². The van der Waals surface area contributed by atoms with E-state index in [2.05, 4.69) is 27.3 Å². The molecule has 2 atom stereocenters. The lowest BCUT2D eigenvalue weighted by atomic mass is 9.96. The van der Waals surface area contributed by atoms with E-state index in [1.807, 2.05) is 50.2 Å². The van der Waals surface area contributed by atoms with E-state index < -0.39 is 12.1 Å². The van der Waals surface area contributed by atoms with Gasteiger partial charge in [0.1, 0.15) is 0 Å². The first-order chi connectivity index (χ1) is 13.9. The number of nitrogens with zero attached hydrogens (tertiary/aromatic N) is 4. The summed E-state index contributed by atoms with van der Waals surface area (Å²) in [5.74, 6) is -0.728. The maximum Gasteiger partial charge on any atom is 0.379 e. The Morgan fingerprint density at radius 1 is 1.17 bits per heavy atom. The zero-order valence-corrected chi connectivity index (χ0v) is 17.0. The fraction of sp³-hybridized carbons (Fsp3) is 0.381. The molecule has 3 aromatic rings. The van der Waals surface area contributed by atoms with Crippen LogP contribution in [0.3, 0.4) is 0 Å². The molecule has 0 radical (unpaired) electrons. The predicted molar refractivity (Wildman–Crippen MR) is 108 cm³/mol. The second-order valence-corrected chi connectivity index (χ2v) is 6.99. The molecule has 8 heteroatoms. The molecular weight excluding hydrogens is 370 g/mol. The van der Waals surface area contributed by atoms with Crippen molar-refractivity contribution in [2.24, 2.45) is 0 Å². The van der Waals surface area contributed by atoms with Gasteiger partial charge in [-0.1, -0.05) is 37.3 Å². The van der Waals surface area contributed by atoms with Crippen LogP contribution in [0, 0.1) is 13.8 Å². The highest BCUT2D eigenvalue weighted by molar-refractivity contribution is 5.89. The number of fused-ring (bicyclic) bond motifs is 1. The third kappa shape index (κ3) is 4.77. The van der Waals surface area contributed by atoms with Crippen LogP contribution in [-0.2, 0) is 9.53 Å². The van der Waals surface area contributed by atoms with E-state index in [4.69, 9.17) is 4.74 Å². The van der Waals surface area contributed by atoms with Crippen molar-refractivity contribution in [1.82, 2.24) is 24.9 Å². The Kier molecular flexibility index (Phi) is 6.21. The Morgan fingerprint density at radius 2 is 1.90 bits per heavy atom. The van der Waals surface area contributed by atoms with Gasteiger partial charge < -0.3 is 10.1 Å². The molecule has 1 amide bonds. The highest BCUT2D eigenvalue weighted by Crippen LogP contribution is 2.18. The maximum absolute atomic E-state index is 12.4. The van der Waals surface area contributed by atoms with E-state index in [1.165, 1.54) is 11.4 Å². The molecule has 1 N–H and O–H groups in total. The number of rotatable bonds is 7. The number of aromatic nitrogens is 4. The minimum absolute atomic E-state index is 0.124. The second kappa shape index (κ2) is 8.81. The number of hydrogen-bond acceptors (Lipinski definition) is 6. The van der Waals surface area contributed by atoms with Crippen LogP contribution in [0.2, 0.25) is 0 Å². The van der Waals surface area contributed by atoms with Crippen LogP contribution in [0.4, 0.5) is 0 Å². The summed E-state index contributed by atoms with van der Waals surface area (Å²) >= 11 is 0. The first-order valence-corrected chi connectivity index (χ1v) is 9.63. The third-order valence-corrected chi connectivity index (χ3v) is 4.74. The number of hydrogen-bond donors (Lipinski definition) is 1. The number of nitrogens with one attached hydrogen (secondary N) is 1. The molecule has 0 saturated carbocycles. The van der Waals surface area contributed by atoms with Crippen molar-refractivity contribution in [2.75, 3.05) is 6.54 Å². The quantitative estimate of drug-likeness (QED) is 0.618. The highest BCUT2D eigenvalue weighted by atomic mass is 16.5. The molecule has 8 nitrogen and oxygen atoms in total. The average molecular weight is 395 g/mol. The fourth-order valence-electron chi connectivity index (χ4n) is 3.11. The molecule has 1 aromatic carbocycles. The van der Waals surface area contributed by atoms with Crippen LogP contribution in [0.25, 0.3) is 5.78 Å². The van der Waals surface area contributed by atoms with Crippen LogP contribution < -0.4 is 5.32 Å². The van der Waals surface area contributed by atoms with Crippen molar-refractivity contribution >= 4 is 17.7 Å². The van der Waals surface area contributed by atoms with Gasteiger partial charge in [-0.25, -0.2) is 14.3 Å². The highest BCUT2D eigenvalue weighted by Gasteiger charge is 2.23. The molecule has 0 fully saturated rings. The van der Waals surface area contributed by atoms with E-state index in [1.54, 1.807) is 0 Å². The summed E-state index contributed by atoms with van der Waals surface area (Å²) in [6.07, 6.45) is -0.0757. The molecule has 3 rings (SSSR count). The summed E-state index contributed by atoms with van der Waals surface area (Å²) in [5, 5.41) is 6.99. The molecule has 0 aliphatic carbocycles. The van der Waals surface area contributed by atoms with Gasteiger partial charge in [0.25, 0.3) is 17.5 Å². The van der Waals surface area contributed by atoms with E-state index in [0.29, 0.717) is 12.3 Å². The van der Waals surface area contributed by atoms with Gasteiger partial charge in [-0.05, 0) is 38.8 Å². The minimum atomic E-state index is -0.960.